The van der Waals surface area contributed by atoms with Crippen LogP contribution in [0.1, 0.15) is 22.8 Å². The monoisotopic (exact) mass is 350 g/mol. The number of nitrogens with one attached hydrogen (secondary N) is 1. The maximum Gasteiger partial charge on any atom is 0.225 e. The Hall–Kier alpha value is -2.98. The third-order valence-corrected chi connectivity index (χ3v) is 4.48. The highest BCUT2D eigenvalue weighted by atomic mass is 16.1. The molecule has 2 heterocycles. The number of hydrogen-bond donors (Lipinski definition) is 1. The van der Waals surface area contributed by atoms with Crippen molar-refractivity contribution in [3.05, 3.63) is 47.8 Å². The van der Waals surface area contributed by atoms with Gasteiger partial charge in [-0.3, -0.25) is 9.69 Å². The molecule has 2 aromatic rings. The molecule has 0 amide bonds. The number of nitriles is 1. The molecule has 0 radical (unpaired) electrons. The summed E-state index contributed by atoms with van der Waals surface area (Å²) in [6.07, 6.45) is 3.53. The zero-order valence-corrected chi connectivity index (χ0v) is 14.9. The summed E-state index contributed by atoms with van der Waals surface area (Å²) in [7, 11) is 0. The van der Waals surface area contributed by atoms with Gasteiger partial charge < -0.3 is 10.2 Å². The summed E-state index contributed by atoms with van der Waals surface area (Å²) in [5.74, 6) is 0.776. The molecule has 1 aliphatic heterocycles. The van der Waals surface area contributed by atoms with Gasteiger partial charge >= 0.3 is 0 Å². The molecule has 1 saturated heterocycles. The van der Waals surface area contributed by atoms with Crippen molar-refractivity contribution < 1.29 is 4.79 Å². The van der Waals surface area contributed by atoms with Gasteiger partial charge in [-0.2, -0.15) is 5.26 Å². The molecule has 7 heteroatoms. The average Bonchev–Trinajstić information content (AvgIpc) is 2.69. The normalized spacial score (nSPS) is 14.7. The van der Waals surface area contributed by atoms with Crippen LogP contribution < -0.4 is 10.2 Å². The van der Waals surface area contributed by atoms with Crippen molar-refractivity contribution in [1.82, 2.24) is 14.9 Å². The van der Waals surface area contributed by atoms with E-state index in [4.69, 9.17) is 5.26 Å². The number of carbonyl (C=O) groups is 1. The van der Waals surface area contributed by atoms with E-state index in [0.29, 0.717) is 11.1 Å². The van der Waals surface area contributed by atoms with Crippen molar-refractivity contribution in [2.24, 2.45) is 0 Å². The summed E-state index contributed by atoms with van der Waals surface area (Å²) in [4.78, 5) is 24.9. The second kappa shape index (κ2) is 8.41. The minimum absolute atomic E-state index is 0.00605. The molecule has 134 valence electrons. The zero-order valence-electron chi connectivity index (χ0n) is 14.9. The molecular weight excluding hydrogens is 328 g/mol. The molecule has 1 N–H and O–H groups in total. The first kappa shape index (κ1) is 17.8. The van der Waals surface area contributed by atoms with Gasteiger partial charge in [0.2, 0.25) is 5.95 Å². The number of rotatable bonds is 6. The maximum atomic E-state index is 11.8. The van der Waals surface area contributed by atoms with Crippen LogP contribution in [0.2, 0.25) is 0 Å². The van der Waals surface area contributed by atoms with Crippen molar-refractivity contribution in [2.75, 3.05) is 49.5 Å². The van der Waals surface area contributed by atoms with Crippen molar-refractivity contribution in [3.8, 4) is 6.07 Å². The first-order valence-corrected chi connectivity index (χ1v) is 8.70. The van der Waals surface area contributed by atoms with Crippen LogP contribution in [0, 0.1) is 11.3 Å². The van der Waals surface area contributed by atoms with E-state index in [1.165, 1.54) is 6.92 Å². The number of Topliss-reactive ketones (excluding diaryl/α,β-unsaturated/α-hetero) is 1. The topological polar surface area (TPSA) is 85.2 Å². The van der Waals surface area contributed by atoms with E-state index in [0.717, 1.165) is 50.9 Å². The second-order valence-corrected chi connectivity index (χ2v) is 6.23. The first-order valence-electron chi connectivity index (χ1n) is 8.70. The van der Waals surface area contributed by atoms with E-state index in [-0.39, 0.29) is 5.78 Å². The zero-order chi connectivity index (χ0) is 18.4. The standard InChI is InChI=1S/C19H22N6O/c1-15(26)17-4-3-16(14-20)13-18(17)21-7-8-24-9-11-25(12-10-24)19-22-5-2-6-23-19/h2-6,13,21H,7-12H2,1H3. The number of aromatic nitrogens is 2. The number of nitrogens with zero attached hydrogens (tertiary/aromatic N) is 5. The fourth-order valence-corrected chi connectivity index (χ4v) is 3.04. The van der Waals surface area contributed by atoms with Gasteiger partial charge in [-0.1, -0.05) is 0 Å². The Bertz CT molecular complexity index is 793. The molecule has 1 aromatic heterocycles. The lowest BCUT2D eigenvalue weighted by molar-refractivity contribution is 0.101. The average molecular weight is 350 g/mol. The summed E-state index contributed by atoms with van der Waals surface area (Å²) in [6, 6.07) is 9.06. The van der Waals surface area contributed by atoms with Crippen LogP contribution in [-0.2, 0) is 0 Å². The van der Waals surface area contributed by atoms with Crippen molar-refractivity contribution >= 4 is 17.4 Å². The smallest absolute Gasteiger partial charge is 0.225 e. The summed E-state index contributed by atoms with van der Waals surface area (Å²) >= 11 is 0. The Morgan fingerprint density at radius 2 is 1.96 bits per heavy atom. The van der Waals surface area contributed by atoms with Crippen molar-refractivity contribution in [3.63, 3.8) is 0 Å². The largest absolute Gasteiger partial charge is 0.383 e. The molecule has 1 aliphatic rings. The number of carbonyl (C=O) groups excluding carboxylic acids is 1. The van der Waals surface area contributed by atoms with Gasteiger partial charge in [-0.15, -0.1) is 0 Å². The molecule has 26 heavy (non-hydrogen) atoms. The van der Waals surface area contributed by atoms with Crippen LogP contribution in [0.3, 0.4) is 0 Å². The molecule has 0 aliphatic carbocycles. The van der Waals surface area contributed by atoms with Crippen LogP contribution >= 0.6 is 0 Å². The molecule has 0 saturated carbocycles. The van der Waals surface area contributed by atoms with Crippen LogP contribution in [0.5, 0.6) is 0 Å². The quantitative estimate of drug-likeness (QED) is 0.795. The van der Waals surface area contributed by atoms with Crippen LogP contribution in [0.25, 0.3) is 0 Å². The van der Waals surface area contributed by atoms with Gasteiger partial charge in [0.25, 0.3) is 0 Å². The van der Waals surface area contributed by atoms with E-state index >= 15 is 0 Å². The van der Waals surface area contributed by atoms with Gasteiger partial charge in [0.15, 0.2) is 5.78 Å². The van der Waals surface area contributed by atoms with E-state index < -0.39 is 0 Å². The van der Waals surface area contributed by atoms with Crippen LogP contribution in [0.15, 0.2) is 36.7 Å². The highest BCUT2D eigenvalue weighted by Crippen LogP contribution is 2.18. The predicted molar refractivity (Wildman–Crippen MR) is 100 cm³/mol. The summed E-state index contributed by atoms with van der Waals surface area (Å²) in [5.41, 5.74) is 1.90. The fourth-order valence-electron chi connectivity index (χ4n) is 3.04. The van der Waals surface area contributed by atoms with Gasteiger partial charge in [0.1, 0.15) is 0 Å². The lowest BCUT2D eigenvalue weighted by Crippen LogP contribution is -2.48. The third-order valence-electron chi connectivity index (χ3n) is 4.48. The molecule has 7 nitrogen and oxygen atoms in total. The van der Waals surface area contributed by atoms with Crippen LogP contribution in [-0.4, -0.2) is 59.9 Å². The third kappa shape index (κ3) is 4.35. The van der Waals surface area contributed by atoms with Crippen LogP contribution in [0.4, 0.5) is 11.6 Å². The van der Waals surface area contributed by atoms with Gasteiger partial charge in [0, 0.05) is 62.9 Å². The lowest BCUT2D eigenvalue weighted by atomic mass is 10.1. The lowest BCUT2D eigenvalue weighted by Gasteiger charge is -2.34. The Morgan fingerprint density at radius 3 is 2.62 bits per heavy atom. The predicted octanol–water partition coefficient (Wildman–Crippen LogP) is 1.78. The molecule has 1 fully saturated rings. The Kier molecular flexibility index (Phi) is 5.77. The molecule has 0 spiro atoms. The Morgan fingerprint density at radius 1 is 1.23 bits per heavy atom. The maximum absolute atomic E-state index is 11.8. The molecule has 0 atom stereocenters. The SMILES string of the molecule is CC(=O)c1ccc(C#N)cc1NCCN1CCN(c2ncccn2)CC1. The number of ketones is 1. The number of anilines is 2. The summed E-state index contributed by atoms with van der Waals surface area (Å²) in [5, 5.41) is 12.4. The number of benzene rings is 1. The van der Waals surface area contributed by atoms with E-state index in [9.17, 15) is 4.79 Å². The molecule has 3 rings (SSSR count). The van der Waals surface area contributed by atoms with Gasteiger partial charge in [-0.05, 0) is 31.2 Å². The van der Waals surface area contributed by atoms with Crippen molar-refractivity contribution in [2.45, 2.75) is 6.92 Å². The highest BCUT2D eigenvalue weighted by Gasteiger charge is 2.18. The number of hydrogen-bond acceptors (Lipinski definition) is 7. The Balaban J connectivity index is 1.51. The molecule has 1 aromatic carbocycles. The summed E-state index contributed by atoms with van der Waals surface area (Å²) in [6.45, 7) is 6.81. The minimum atomic E-state index is -0.00605. The summed E-state index contributed by atoms with van der Waals surface area (Å²) < 4.78 is 0. The molecular formula is C19H22N6O. The fraction of sp³-hybridized carbons (Fsp3) is 0.368. The second-order valence-electron chi connectivity index (χ2n) is 6.23. The first-order chi connectivity index (χ1) is 12.7. The minimum Gasteiger partial charge on any atom is -0.383 e. The van der Waals surface area contributed by atoms with Gasteiger partial charge in [-0.25, -0.2) is 9.97 Å². The Labute approximate surface area is 153 Å². The molecule has 0 bridgehead atoms. The van der Waals surface area contributed by atoms with E-state index in [1.54, 1.807) is 30.6 Å². The highest BCUT2D eigenvalue weighted by molar-refractivity contribution is 5.99. The van der Waals surface area contributed by atoms with Gasteiger partial charge in [0.05, 0.1) is 11.6 Å². The van der Waals surface area contributed by atoms with Crippen molar-refractivity contribution in [1.29, 1.82) is 5.26 Å². The van der Waals surface area contributed by atoms with E-state index in [1.807, 2.05) is 6.07 Å². The molecule has 0 unspecified atom stereocenters. The number of piperazine rings is 1. The van der Waals surface area contributed by atoms with E-state index in [2.05, 4.69) is 31.2 Å².